The van der Waals surface area contributed by atoms with Crippen LogP contribution in [0.25, 0.3) is 23.2 Å². The standard InChI is InChI=1S/C45H40N8O9S2/c1-5-39(54)50-63(59,60)32-22-24-38(64(61,62)51-40(55)6-2)37(28-32)49-44(57)41(46-35-23-21-31(52(3)4)27-36(35)48-43(56)30-17-11-8-12-18-30)42-47-34-20-14-13-19-33(34)45(58)53(42)26-25-29-15-9-7-10-16-29/h5,7-28H,1,6H2,2-4H3,(H,48,56)(H,49,57)(H,50,54)(H,51,55)/b26-25+,46-41-. The highest BCUT2D eigenvalue weighted by atomic mass is 32.2. The van der Waals surface area contributed by atoms with Crippen molar-refractivity contribution in [3.63, 3.8) is 0 Å². The molecule has 17 nitrogen and oxygen atoms in total. The van der Waals surface area contributed by atoms with Crippen LogP contribution in [0.5, 0.6) is 0 Å². The molecule has 0 saturated heterocycles. The quantitative estimate of drug-likeness (QED) is 0.0762. The van der Waals surface area contributed by atoms with E-state index in [9.17, 15) is 36.0 Å². The maximum atomic E-state index is 15.0. The smallest absolute Gasteiger partial charge is 0.278 e. The molecule has 0 saturated carbocycles. The van der Waals surface area contributed by atoms with E-state index in [2.05, 4.69) is 17.2 Å². The predicted octanol–water partition coefficient (Wildman–Crippen LogP) is 5.31. The fourth-order valence-corrected chi connectivity index (χ4v) is 8.17. The second-order valence-corrected chi connectivity index (χ2v) is 17.2. The van der Waals surface area contributed by atoms with Crippen LogP contribution in [0.1, 0.15) is 35.1 Å². The van der Waals surface area contributed by atoms with Gasteiger partial charge in [-0.1, -0.05) is 74.2 Å². The molecule has 6 rings (SSSR count). The molecule has 0 aliphatic rings. The molecular formula is C45H40N8O9S2. The number of benzene rings is 5. The van der Waals surface area contributed by atoms with Gasteiger partial charge in [0, 0.05) is 38.0 Å². The van der Waals surface area contributed by atoms with Gasteiger partial charge in [-0.3, -0.25) is 28.5 Å². The molecule has 1 heterocycles. The van der Waals surface area contributed by atoms with Crippen LogP contribution < -0.4 is 30.5 Å². The Morgan fingerprint density at radius 2 is 1.45 bits per heavy atom. The highest BCUT2D eigenvalue weighted by molar-refractivity contribution is 7.90. The Morgan fingerprint density at radius 3 is 2.12 bits per heavy atom. The van der Waals surface area contributed by atoms with E-state index in [0.29, 0.717) is 22.9 Å². The Labute approximate surface area is 368 Å². The lowest BCUT2D eigenvalue weighted by molar-refractivity contribution is -0.119. The number of nitrogens with one attached hydrogen (secondary N) is 4. The molecule has 326 valence electrons. The monoisotopic (exact) mass is 900 g/mol. The number of hydrogen-bond acceptors (Lipinski definition) is 12. The van der Waals surface area contributed by atoms with Gasteiger partial charge in [0.05, 0.1) is 32.9 Å². The average molecular weight is 901 g/mol. The molecule has 1 aromatic heterocycles. The zero-order valence-corrected chi connectivity index (χ0v) is 36.1. The molecule has 0 unspecified atom stereocenters. The molecule has 0 spiro atoms. The van der Waals surface area contributed by atoms with E-state index in [4.69, 9.17) is 9.98 Å². The Hall–Kier alpha value is -8.03. The summed E-state index contributed by atoms with van der Waals surface area (Å²) in [5.41, 5.74) is -0.137. The van der Waals surface area contributed by atoms with Crippen LogP contribution in [-0.2, 0) is 34.4 Å². The topological polar surface area (TPSA) is 235 Å². The molecule has 4 N–H and O–H groups in total. The van der Waals surface area contributed by atoms with E-state index in [1.54, 1.807) is 115 Å². The van der Waals surface area contributed by atoms with Crippen molar-refractivity contribution in [1.82, 2.24) is 19.0 Å². The molecule has 0 fully saturated rings. The molecule has 0 bridgehead atoms. The minimum absolute atomic E-state index is 0.0208. The number of fused-ring (bicyclic) bond motifs is 1. The first-order valence-corrected chi connectivity index (χ1v) is 22.2. The van der Waals surface area contributed by atoms with Crippen molar-refractivity contribution < 1.29 is 36.0 Å². The van der Waals surface area contributed by atoms with E-state index >= 15 is 4.79 Å². The van der Waals surface area contributed by atoms with E-state index in [-0.39, 0.29) is 34.5 Å². The maximum absolute atomic E-state index is 15.0. The van der Waals surface area contributed by atoms with Crippen molar-refractivity contribution >= 4 is 95.3 Å². The third-order valence-electron chi connectivity index (χ3n) is 9.25. The Balaban J connectivity index is 1.64. The second kappa shape index (κ2) is 19.3. The Kier molecular flexibility index (Phi) is 13.8. The molecule has 6 aromatic rings. The average Bonchev–Trinajstić information content (AvgIpc) is 3.28. The molecular weight excluding hydrogens is 861 g/mol. The van der Waals surface area contributed by atoms with Crippen molar-refractivity contribution in [3.05, 3.63) is 161 Å². The molecule has 5 aromatic carbocycles. The Bertz CT molecular complexity index is 3170. The van der Waals surface area contributed by atoms with Crippen LogP contribution in [0, 0.1) is 0 Å². The maximum Gasteiger partial charge on any atom is 0.278 e. The number of para-hydroxylation sites is 1. The lowest BCUT2D eigenvalue weighted by atomic mass is 10.1. The van der Waals surface area contributed by atoms with Gasteiger partial charge in [-0.25, -0.2) is 36.3 Å². The zero-order chi connectivity index (χ0) is 46.2. The van der Waals surface area contributed by atoms with Gasteiger partial charge < -0.3 is 15.5 Å². The molecule has 64 heavy (non-hydrogen) atoms. The Morgan fingerprint density at radius 1 is 0.781 bits per heavy atom. The number of carbonyl (C=O) groups is 4. The van der Waals surface area contributed by atoms with E-state index in [1.807, 2.05) is 4.72 Å². The van der Waals surface area contributed by atoms with E-state index in [1.165, 1.54) is 31.3 Å². The summed E-state index contributed by atoms with van der Waals surface area (Å²) in [6, 6.07) is 30.6. The zero-order valence-electron chi connectivity index (χ0n) is 34.5. The molecule has 4 amide bonds. The van der Waals surface area contributed by atoms with Gasteiger partial charge in [0.15, 0.2) is 11.5 Å². The van der Waals surface area contributed by atoms with Crippen LogP contribution >= 0.6 is 0 Å². The fourth-order valence-electron chi connectivity index (χ4n) is 5.98. The number of aliphatic imine (C=N–C) groups is 1. The number of hydrogen-bond donors (Lipinski definition) is 4. The normalized spacial score (nSPS) is 11.8. The van der Waals surface area contributed by atoms with Gasteiger partial charge in [0.2, 0.25) is 5.91 Å². The summed E-state index contributed by atoms with van der Waals surface area (Å²) in [5, 5.41) is 5.41. The van der Waals surface area contributed by atoms with Gasteiger partial charge in [-0.2, -0.15) is 0 Å². The molecule has 0 aliphatic carbocycles. The van der Waals surface area contributed by atoms with Crippen LogP contribution in [-0.4, -0.2) is 69.8 Å². The first-order valence-electron chi connectivity index (χ1n) is 19.2. The van der Waals surface area contributed by atoms with Crippen molar-refractivity contribution in [2.24, 2.45) is 4.99 Å². The van der Waals surface area contributed by atoms with Crippen molar-refractivity contribution in [2.45, 2.75) is 23.1 Å². The van der Waals surface area contributed by atoms with Crippen molar-refractivity contribution in [2.75, 3.05) is 29.6 Å². The minimum atomic E-state index is -4.82. The molecule has 0 atom stereocenters. The summed E-state index contributed by atoms with van der Waals surface area (Å²) in [4.78, 5) is 77.2. The lowest BCUT2D eigenvalue weighted by Crippen LogP contribution is -2.34. The van der Waals surface area contributed by atoms with Gasteiger partial charge in [0.1, 0.15) is 4.90 Å². The number of aromatic nitrogens is 2. The highest BCUT2D eigenvalue weighted by Gasteiger charge is 2.29. The largest absolute Gasteiger partial charge is 0.378 e. The van der Waals surface area contributed by atoms with Crippen LogP contribution in [0.4, 0.5) is 22.7 Å². The first-order chi connectivity index (χ1) is 30.5. The van der Waals surface area contributed by atoms with E-state index < -0.39 is 70.4 Å². The molecule has 0 radical (unpaired) electrons. The fraction of sp³-hybridized carbons (Fsp3) is 0.0889. The van der Waals surface area contributed by atoms with Gasteiger partial charge >= 0.3 is 0 Å². The first kappa shape index (κ1) is 45.5. The van der Waals surface area contributed by atoms with Crippen LogP contribution in [0.15, 0.2) is 154 Å². The van der Waals surface area contributed by atoms with Crippen molar-refractivity contribution in [1.29, 1.82) is 0 Å². The highest BCUT2D eigenvalue weighted by Crippen LogP contribution is 2.32. The van der Waals surface area contributed by atoms with Gasteiger partial charge in [-0.05, 0) is 78.4 Å². The third kappa shape index (κ3) is 10.5. The van der Waals surface area contributed by atoms with E-state index in [0.717, 1.165) is 22.8 Å². The number of nitrogens with zero attached hydrogens (tertiary/aromatic N) is 4. The number of amides is 4. The SMILES string of the molecule is C=CC(=O)NS(=O)(=O)c1ccc(S(=O)(=O)NC(=O)CC)c(NC(=O)/C(=N\c2ccc(N(C)C)cc2NC(=O)c2ccccc2)c2nc3ccccc3c(=O)n2/C=C/c2ccccc2)c1. The van der Waals surface area contributed by atoms with Gasteiger partial charge in [-0.15, -0.1) is 0 Å². The number of sulfonamides is 2. The summed E-state index contributed by atoms with van der Waals surface area (Å²) >= 11 is 0. The number of carbonyl (C=O) groups excluding carboxylic acids is 4. The second-order valence-electron chi connectivity index (χ2n) is 13.9. The predicted molar refractivity (Wildman–Crippen MR) is 245 cm³/mol. The van der Waals surface area contributed by atoms with Gasteiger partial charge in [0.25, 0.3) is 43.3 Å². The summed E-state index contributed by atoms with van der Waals surface area (Å²) in [6.45, 7) is 4.65. The third-order valence-corrected chi connectivity index (χ3v) is 12.0. The summed E-state index contributed by atoms with van der Waals surface area (Å²) in [5.74, 6) is -4.15. The number of anilines is 3. The number of rotatable bonds is 15. The van der Waals surface area contributed by atoms with Crippen LogP contribution in [0.3, 0.4) is 0 Å². The molecule has 19 heteroatoms. The minimum Gasteiger partial charge on any atom is -0.378 e. The summed E-state index contributed by atoms with van der Waals surface area (Å²) < 4.78 is 58.6. The van der Waals surface area contributed by atoms with Crippen LogP contribution in [0.2, 0.25) is 0 Å². The lowest BCUT2D eigenvalue weighted by Gasteiger charge is -2.18. The molecule has 0 aliphatic heterocycles. The summed E-state index contributed by atoms with van der Waals surface area (Å²) in [6.07, 6.45) is 3.40. The van der Waals surface area contributed by atoms with Crippen molar-refractivity contribution in [3.8, 4) is 0 Å². The summed E-state index contributed by atoms with van der Waals surface area (Å²) in [7, 11) is -5.99.